The number of rotatable bonds is 6. The summed E-state index contributed by atoms with van der Waals surface area (Å²) in [7, 11) is 0. The lowest BCUT2D eigenvalue weighted by atomic mass is 10.2. The Labute approximate surface area is 139 Å². The summed E-state index contributed by atoms with van der Waals surface area (Å²) in [6.45, 7) is 4.43. The molecule has 3 N–H and O–H groups in total. The normalized spacial score (nSPS) is 10.6. The molecule has 0 saturated heterocycles. The summed E-state index contributed by atoms with van der Waals surface area (Å²) in [6, 6.07) is 8.52. The Morgan fingerprint density at radius 1 is 1.04 bits per heavy atom. The molecule has 0 aliphatic rings. The number of nitrogens with two attached hydrogens (primary N) is 1. The topological polar surface area (TPSA) is 99.1 Å². The number of carbonyl (C=O) groups excluding carboxylic acids is 1. The summed E-state index contributed by atoms with van der Waals surface area (Å²) in [6.07, 6.45) is 1.30. The molecule has 1 amide bonds. The highest BCUT2D eigenvalue weighted by molar-refractivity contribution is 6.05. The lowest BCUT2D eigenvalue weighted by Gasteiger charge is -2.16. The van der Waals surface area contributed by atoms with Crippen LogP contribution in [0.4, 0.5) is 11.5 Å². The molecule has 1 aromatic carbocycles. The SMILES string of the molecule is CCCn1c(N)c(NC(=O)c2ccccc2)c(=O)n(CCC)c1=O. The van der Waals surface area contributed by atoms with Crippen molar-refractivity contribution in [1.29, 1.82) is 0 Å². The monoisotopic (exact) mass is 330 g/mol. The van der Waals surface area contributed by atoms with E-state index >= 15 is 0 Å². The van der Waals surface area contributed by atoms with Crippen LogP contribution >= 0.6 is 0 Å². The summed E-state index contributed by atoms with van der Waals surface area (Å²) >= 11 is 0. The zero-order valence-corrected chi connectivity index (χ0v) is 13.9. The fourth-order valence-corrected chi connectivity index (χ4v) is 2.47. The van der Waals surface area contributed by atoms with Crippen molar-refractivity contribution in [1.82, 2.24) is 9.13 Å². The lowest BCUT2D eigenvalue weighted by Crippen LogP contribution is -2.42. The molecule has 7 heteroatoms. The van der Waals surface area contributed by atoms with Gasteiger partial charge in [-0.1, -0.05) is 32.0 Å². The van der Waals surface area contributed by atoms with Crippen LogP contribution in [0.3, 0.4) is 0 Å². The molecule has 0 spiro atoms. The summed E-state index contributed by atoms with van der Waals surface area (Å²) in [5, 5.41) is 2.56. The number of aromatic nitrogens is 2. The molecule has 0 atom stereocenters. The second-order valence-electron chi connectivity index (χ2n) is 5.47. The van der Waals surface area contributed by atoms with Crippen molar-refractivity contribution < 1.29 is 4.79 Å². The van der Waals surface area contributed by atoms with Crippen molar-refractivity contribution in [2.75, 3.05) is 11.1 Å². The molecule has 0 bridgehead atoms. The average Bonchev–Trinajstić information content (AvgIpc) is 2.60. The molecule has 2 rings (SSSR count). The average molecular weight is 330 g/mol. The zero-order chi connectivity index (χ0) is 17.7. The molecule has 0 saturated carbocycles. The summed E-state index contributed by atoms with van der Waals surface area (Å²) < 4.78 is 2.45. The number of hydrogen-bond donors (Lipinski definition) is 2. The number of benzene rings is 1. The predicted molar refractivity (Wildman–Crippen MR) is 94.4 cm³/mol. The first-order valence-corrected chi connectivity index (χ1v) is 8.00. The largest absolute Gasteiger partial charge is 0.383 e. The Balaban J connectivity index is 2.54. The van der Waals surface area contributed by atoms with E-state index in [1.807, 2.05) is 13.8 Å². The molecule has 7 nitrogen and oxygen atoms in total. The molecule has 128 valence electrons. The fraction of sp³-hybridized carbons (Fsp3) is 0.353. The van der Waals surface area contributed by atoms with Gasteiger partial charge in [0.05, 0.1) is 0 Å². The first kappa shape index (κ1) is 17.5. The van der Waals surface area contributed by atoms with Gasteiger partial charge in [0.15, 0.2) is 0 Å². The first-order valence-electron chi connectivity index (χ1n) is 8.00. The van der Waals surface area contributed by atoms with E-state index in [2.05, 4.69) is 5.32 Å². The van der Waals surface area contributed by atoms with E-state index in [0.29, 0.717) is 24.9 Å². The van der Waals surface area contributed by atoms with E-state index in [-0.39, 0.29) is 18.1 Å². The van der Waals surface area contributed by atoms with Gasteiger partial charge in [-0.2, -0.15) is 0 Å². The Bertz CT molecular complexity index is 837. The van der Waals surface area contributed by atoms with Gasteiger partial charge >= 0.3 is 5.69 Å². The number of nitrogens with one attached hydrogen (secondary N) is 1. The number of nitrogens with zero attached hydrogens (tertiary/aromatic N) is 2. The second kappa shape index (κ2) is 7.63. The number of hydrogen-bond acceptors (Lipinski definition) is 4. The van der Waals surface area contributed by atoms with Crippen LogP contribution < -0.4 is 22.3 Å². The molecule has 0 aliphatic carbocycles. The van der Waals surface area contributed by atoms with Gasteiger partial charge in [-0.25, -0.2) is 4.79 Å². The van der Waals surface area contributed by atoms with Crippen molar-refractivity contribution in [3.63, 3.8) is 0 Å². The van der Waals surface area contributed by atoms with Gasteiger partial charge in [0, 0.05) is 18.7 Å². The van der Waals surface area contributed by atoms with Crippen molar-refractivity contribution in [2.45, 2.75) is 39.8 Å². The van der Waals surface area contributed by atoms with Crippen LogP contribution in [0.15, 0.2) is 39.9 Å². The molecule has 0 unspecified atom stereocenters. The van der Waals surface area contributed by atoms with Gasteiger partial charge in [-0.15, -0.1) is 0 Å². The van der Waals surface area contributed by atoms with E-state index < -0.39 is 17.2 Å². The van der Waals surface area contributed by atoms with Gasteiger partial charge in [0.25, 0.3) is 11.5 Å². The van der Waals surface area contributed by atoms with E-state index in [1.165, 1.54) is 4.57 Å². The summed E-state index contributed by atoms with van der Waals surface area (Å²) in [5.74, 6) is -0.451. The number of amides is 1. The molecule has 0 aliphatic heterocycles. The van der Waals surface area contributed by atoms with Crippen LogP contribution in [-0.4, -0.2) is 15.0 Å². The van der Waals surface area contributed by atoms with Crippen LogP contribution in [0.2, 0.25) is 0 Å². The number of carbonyl (C=O) groups is 1. The zero-order valence-electron chi connectivity index (χ0n) is 13.9. The predicted octanol–water partition coefficient (Wildman–Crippen LogP) is 1.66. The highest BCUT2D eigenvalue weighted by Gasteiger charge is 2.18. The molecule has 2 aromatic rings. The van der Waals surface area contributed by atoms with Gasteiger partial charge < -0.3 is 11.1 Å². The number of nitrogen functional groups attached to an aromatic ring is 1. The quantitative estimate of drug-likeness (QED) is 0.841. The van der Waals surface area contributed by atoms with Gasteiger partial charge in [-0.05, 0) is 25.0 Å². The van der Waals surface area contributed by atoms with E-state index in [0.717, 1.165) is 4.57 Å². The van der Waals surface area contributed by atoms with Crippen molar-refractivity contribution >= 4 is 17.4 Å². The highest BCUT2D eigenvalue weighted by Crippen LogP contribution is 2.13. The number of anilines is 2. The minimum atomic E-state index is -0.573. The van der Waals surface area contributed by atoms with E-state index in [4.69, 9.17) is 5.73 Å². The minimum absolute atomic E-state index is 0.0107. The third-order valence-electron chi connectivity index (χ3n) is 3.64. The smallest absolute Gasteiger partial charge is 0.332 e. The maximum atomic E-state index is 12.6. The molecule has 0 radical (unpaired) electrons. The third-order valence-corrected chi connectivity index (χ3v) is 3.64. The summed E-state index contributed by atoms with van der Waals surface area (Å²) in [5.41, 5.74) is 5.34. The van der Waals surface area contributed by atoms with Crippen molar-refractivity contribution in [2.24, 2.45) is 0 Å². The molecule has 1 heterocycles. The lowest BCUT2D eigenvalue weighted by molar-refractivity contribution is 0.102. The molecule has 0 fully saturated rings. The minimum Gasteiger partial charge on any atom is -0.383 e. The fourth-order valence-electron chi connectivity index (χ4n) is 2.47. The van der Waals surface area contributed by atoms with Crippen LogP contribution in [0, 0.1) is 0 Å². The molecular formula is C17H22N4O3. The Morgan fingerprint density at radius 3 is 2.21 bits per heavy atom. The third kappa shape index (κ3) is 3.40. The first-order chi connectivity index (χ1) is 11.5. The Kier molecular flexibility index (Phi) is 5.57. The van der Waals surface area contributed by atoms with E-state index in [1.54, 1.807) is 30.3 Å². The maximum Gasteiger partial charge on any atom is 0.332 e. The van der Waals surface area contributed by atoms with Crippen LogP contribution in [-0.2, 0) is 13.1 Å². The van der Waals surface area contributed by atoms with Crippen LogP contribution in [0.25, 0.3) is 0 Å². The van der Waals surface area contributed by atoms with Crippen LogP contribution in [0.1, 0.15) is 37.0 Å². The van der Waals surface area contributed by atoms with Gasteiger partial charge in [0.2, 0.25) is 0 Å². The molecule has 24 heavy (non-hydrogen) atoms. The van der Waals surface area contributed by atoms with Crippen molar-refractivity contribution in [3.8, 4) is 0 Å². The van der Waals surface area contributed by atoms with Gasteiger partial charge in [-0.3, -0.25) is 18.7 Å². The van der Waals surface area contributed by atoms with E-state index in [9.17, 15) is 14.4 Å². The second-order valence-corrected chi connectivity index (χ2v) is 5.47. The Morgan fingerprint density at radius 2 is 1.62 bits per heavy atom. The highest BCUT2D eigenvalue weighted by atomic mass is 16.2. The van der Waals surface area contributed by atoms with Gasteiger partial charge in [0.1, 0.15) is 11.5 Å². The molecule has 1 aromatic heterocycles. The Hall–Kier alpha value is -2.83. The molecular weight excluding hydrogens is 308 g/mol. The summed E-state index contributed by atoms with van der Waals surface area (Å²) in [4.78, 5) is 37.3. The standard InChI is InChI=1S/C17H22N4O3/c1-3-10-20-14(18)13(16(23)21(11-4-2)17(20)24)19-15(22)12-8-6-5-7-9-12/h5-9H,3-4,10-11,18H2,1-2H3,(H,19,22). The van der Waals surface area contributed by atoms with Crippen molar-refractivity contribution in [3.05, 3.63) is 56.7 Å². The maximum absolute atomic E-state index is 12.6. The van der Waals surface area contributed by atoms with Crippen LogP contribution in [0.5, 0.6) is 0 Å².